The number of hydrogen-bond acceptors (Lipinski definition) is 2. The number of fused-ring (bicyclic) bond motifs is 1. The second kappa shape index (κ2) is 3.50. The molecular weight excluding hydrogens is 214 g/mol. The van der Waals surface area contributed by atoms with Gasteiger partial charge in [0.15, 0.2) is 0 Å². The number of ether oxygens (including phenoxy) is 1. The maximum atomic E-state index is 10.0. The van der Waals surface area contributed by atoms with E-state index in [1.165, 1.54) is 10.9 Å². The van der Waals surface area contributed by atoms with Gasteiger partial charge in [0.25, 0.3) is 0 Å². The van der Waals surface area contributed by atoms with E-state index in [4.69, 9.17) is 4.74 Å². The third-order valence-electron chi connectivity index (χ3n) is 3.65. The van der Waals surface area contributed by atoms with Crippen molar-refractivity contribution in [2.75, 3.05) is 7.11 Å². The fraction of sp³-hybridized carbons (Fsp3) is 0.429. The number of aryl methyl sites for hydroxylation is 1. The maximum Gasteiger partial charge on any atom is 0.143 e. The molecule has 0 saturated heterocycles. The summed E-state index contributed by atoms with van der Waals surface area (Å²) in [5.74, 6) is 0.888. The standard InChI is InChI=1S/C14H17NO2/c1-15-8-5-11-10(9-14(16)6-7-14)3-4-12(17-2)13(11)15/h3-5,8,16H,6-7,9H2,1-2H3. The van der Waals surface area contributed by atoms with Gasteiger partial charge in [-0.3, -0.25) is 0 Å². The molecule has 2 aromatic rings. The van der Waals surface area contributed by atoms with Gasteiger partial charge in [-0.1, -0.05) is 6.07 Å². The lowest BCUT2D eigenvalue weighted by molar-refractivity contribution is 0.151. The largest absolute Gasteiger partial charge is 0.495 e. The van der Waals surface area contributed by atoms with Crippen LogP contribution in [0.1, 0.15) is 18.4 Å². The topological polar surface area (TPSA) is 34.4 Å². The van der Waals surface area contributed by atoms with Crippen LogP contribution in [0, 0.1) is 0 Å². The highest BCUT2D eigenvalue weighted by Crippen LogP contribution is 2.40. The maximum absolute atomic E-state index is 10.0. The summed E-state index contributed by atoms with van der Waals surface area (Å²) in [6.07, 6.45) is 4.63. The predicted molar refractivity (Wildman–Crippen MR) is 67.4 cm³/mol. The predicted octanol–water partition coefficient (Wildman–Crippen LogP) is 2.25. The van der Waals surface area contributed by atoms with Crippen LogP contribution in [0.5, 0.6) is 5.75 Å². The zero-order valence-electron chi connectivity index (χ0n) is 10.2. The number of methoxy groups -OCH3 is 1. The van der Waals surface area contributed by atoms with Crippen LogP contribution in [0.3, 0.4) is 0 Å². The second-order valence-electron chi connectivity index (χ2n) is 5.02. The summed E-state index contributed by atoms with van der Waals surface area (Å²) in [5.41, 5.74) is 1.87. The van der Waals surface area contributed by atoms with Crippen molar-refractivity contribution in [2.45, 2.75) is 24.9 Å². The number of aromatic nitrogens is 1. The first kappa shape index (κ1) is 10.7. The van der Waals surface area contributed by atoms with Crippen molar-refractivity contribution in [3.63, 3.8) is 0 Å². The van der Waals surface area contributed by atoms with E-state index >= 15 is 0 Å². The number of nitrogens with zero attached hydrogens (tertiary/aromatic N) is 1. The van der Waals surface area contributed by atoms with Gasteiger partial charge >= 0.3 is 0 Å². The SMILES string of the molecule is COc1ccc(CC2(O)CC2)c2ccn(C)c12. The smallest absolute Gasteiger partial charge is 0.143 e. The summed E-state index contributed by atoms with van der Waals surface area (Å²) >= 11 is 0. The van der Waals surface area contributed by atoms with E-state index < -0.39 is 5.60 Å². The summed E-state index contributed by atoms with van der Waals surface area (Å²) < 4.78 is 7.45. The quantitative estimate of drug-likeness (QED) is 0.879. The molecule has 3 rings (SSSR count). The third-order valence-corrected chi connectivity index (χ3v) is 3.65. The highest BCUT2D eigenvalue weighted by atomic mass is 16.5. The summed E-state index contributed by atoms with van der Waals surface area (Å²) in [5, 5.41) is 11.2. The summed E-state index contributed by atoms with van der Waals surface area (Å²) in [7, 11) is 3.70. The lowest BCUT2D eigenvalue weighted by Gasteiger charge is -2.11. The van der Waals surface area contributed by atoms with E-state index in [2.05, 4.69) is 16.7 Å². The molecule has 0 unspecified atom stereocenters. The molecule has 1 aromatic heterocycles. The van der Waals surface area contributed by atoms with Gasteiger partial charge in [0, 0.05) is 25.1 Å². The molecular formula is C14H17NO2. The second-order valence-corrected chi connectivity index (χ2v) is 5.02. The Hall–Kier alpha value is -1.48. The Bertz CT molecular complexity index is 567. The van der Waals surface area contributed by atoms with E-state index in [9.17, 15) is 5.11 Å². The fourth-order valence-corrected chi connectivity index (χ4v) is 2.43. The van der Waals surface area contributed by atoms with E-state index in [0.29, 0.717) is 0 Å². The van der Waals surface area contributed by atoms with Gasteiger partial charge in [-0.2, -0.15) is 0 Å². The number of aliphatic hydroxyl groups is 1. The molecule has 17 heavy (non-hydrogen) atoms. The molecule has 0 amide bonds. The van der Waals surface area contributed by atoms with E-state index in [1.807, 2.05) is 19.3 Å². The van der Waals surface area contributed by atoms with Crippen LogP contribution in [0.4, 0.5) is 0 Å². The molecule has 1 aromatic carbocycles. The van der Waals surface area contributed by atoms with E-state index in [1.54, 1.807) is 7.11 Å². The highest BCUT2D eigenvalue weighted by Gasteiger charge is 2.40. The van der Waals surface area contributed by atoms with Crippen LogP contribution in [-0.2, 0) is 13.5 Å². The summed E-state index contributed by atoms with van der Waals surface area (Å²) in [4.78, 5) is 0. The van der Waals surface area contributed by atoms with Gasteiger partial charge in [0.05, 0.1) is 18.2 Å². The molecule has 0 bridgehead atoms. The Kier molecular flexibility index (Phi) is 2.20. The van der Waals surface area contributed by atoms with Crippen molar-refractivity contribution in [3.8, 4) is 5.75 Å². The molecule has 90 valence electrons. The van der Waals surface area contributed by atoms with Crippen LogP contribution in [-0.4, -0.2) is 22.4 Å². The first-order valence-electron chi connectivity index (χ1n) is 5.96. The molecule has 0 spiro atoms. The summed E-state index contributed by atoms with van der Waals surface area (Å²) in [6.45, 7) is 0. The van der Waals surface area contributed by atoms with Crippen LogP contribution < -0.4 is 4.74 Å². The van der Waals surface area contributed by atoms with E-state index in [-0.39, 0.29) is 0 Å². The summed E-state index contributed by atoms with van der Waals surface area (Å²) in [6, 6.07) is 6.15. The minimum Gasteiger partial charge on any atom is -0.495 e. The Morgan fingerprint density at radius 2 is 2.12 bits per heavy atom. The fourth-order valence-electron chi connectivity index (χ4n) is 2.43. The Morgan fingerprint density at radius 3 is 2.76 bits per heavy atom. The van der Waals surface area contributed by atoms with Crippen molar-refractivity contribution >= 4 is 10.9 Å². The molecule has 1 N–H and O–H groups in total. The van der Waals surface area contributed by atoms with Crippen molar-refractivity contribution in [1.82, 2.24) is 4.57 Å². The Balaban J connectivity index is 2.13. The molecule has 0 radical (unpaired) electrons. The van der Waals surface area contributed by atoms with Crippen LogP contribution in [0.2, 0.25) is 0 Å². The van der Waals surface area contributed by atoms with Gasteiger partial charge < -0.3 is 14.4 Å². The zero-order valence-corrected chi connectivity index (χ0v) is 10.2. The molecule has 3 nitrogen and oxygen atoms in total. The molecule has 1 aliphatic rings. The van der Waals surface area contributed by atoms with Gasteiger partial charge in [0.2, 0.25) is 0 Å². The monoisotopic (exact) mass is 231 g/mol. The van der Waals surface area contributed by atoms with Crippen LogP contribution >= 0.6 is 0 Å². The Morgan fingerprint density at radius 1 is 1.35 bits per heavy atom. The van der Waals surface area contributed by atoms with Crippen molar-refractivity contribution in [3.05, 3.63) is 30.0 Å². The average Bonchev–Trinajstić information content (AvgIpc) is 2.91. The third kappa shape index (κ3) is 1.71. The number of hydrogen-bond donors (Lipinski definition) is 1. The lowest BCUT2D eigenvalue weighted by Crippen LogP contribution is -2.10. The minimum absolute atomic E-state index is 0.447. The van der Waals surface area contributed by atoms with Crippen LogP contribution in [0.25, 0.3) is 10.9 Å². The van der Waals surface area contributed by atoms with Gasteiger partial charge in [0.1, 0.15) is 5.75 Å². The normalized spacial score (nSPS) is 17.4. The van der Waals surface area contributed by atoms with Gasteiger partial charge in [-0.15, -0.1) is 0 Å². The first-order chi connectivity index (χ1) is 8.13. The molecule has 1 saturated carbocycles. The molecule has 1 heterocycles. The lowest BCUT2D eigenvalue weighted by atomic mass is 10.0. The minimum atomic E-state index is -0.447. The first-order valence-corrected chi connectivity index (χ1v) is 5.96. The molecule has 1 fully saturated rings. The van der Waals surface area contributed by atoms with E-state index in [0.717, 1.165) is 30.5 Å². The molecule has 0 atom stereocenters. The van der Waals surface area contributed by atoms with Crippen LogP contribution in [0.15, 0.2) is 24.4 Å². The number of benzene rings is 1. The zero-order chi connectivity index (χ0) is 12.0. The number of rotatable bonds is 3. The highest BCUT2D eigenvalue weighted by molar-refractivity contribution is 5.89. The van der Waals surface area contributed by atoms with Crippen molar-refractivity contribution < 1.29 is 9.84 Å². The Labute approximate surface area is 101 Å². The molecule has 1 aliphatic carbocycles. The molecule has 3 heteroatoms. The van der Waals surface area contributed by atoms with Gasteiger partial charge in [-0.05, 0) is 30.5 Å². The van der Waals surface area contributed by atoms with Crippen molar-refractivity contribution in [2.24, 2.45) is 7.05 Å². The molecule has 0 aliphatic heterocycles. The van der Waals surface area contributed by atoms with Gasteiger partial charge in [-0.25, -0.2) is 0 Å². The van der Waals surface area contributed by atoms with Crippen molar-refractivity contribution in [1.29, 1.82) is 0 Å². The average molecular weight is 231 g/mol.